The number of hydrogen-bond acceptors (Lipinski definition) is 5. The summed E-state index contributed by atoms with van der Waals surface area (Å²) in [6.45, 7) is 7.85. The number of nitrogens with one attached hydrogen (secondary N) is 2. The molecule has 0 fully saturated rings. The van der Waals surface area contributed by atoms with Crippen LogP contribution in [0.1, 0.15) is 41.4 Å². The third-order valence-corrected chi connectivity index (χ3v) is 7.14. The predicted octanol–water partition coefficient (Wildman–Crippen LogP) is 5.34. The van der Waals surface area contributed by atoms with Crippen molar-refractivity contribution in [2.45, 2.75) is 38.6 Å². The van der Waals surface area contributed by atoms with Gasteiger partial charge in [-0.3, -0.25) is 9.52 Å². The number of halogens is 1. The van der Waals surface area contributed by atoms with Gasteiger partial charge < -0.3 is 5.32 Å². The van der Waals surface area contributed by atoms with Crippen LogP contribution in [0.4, 0.5) is 11.4 Å². The Balaban J connectivity index is 1.59. The number of aromatic nitrogens is 3. The Kier molecular flexibility index (Phi) is 6.33. The molecule has 2 aromatic heterocycles. The average molecular weight is 498 g/mol. The van der Waals surface area contributed by atoms with Crippen LogP contribution in [0.15, 0.2) is 59.8 Å². The molecule has 0 saturated carbocycles. The summed E-state index contributed by atoms with van der Waals surface area (Å²) in [6.07, 6.45) is 3.20. The first-order chi connectivity index (χ1) is 16.0. The van der Waals surface area contributed by atoms with Gasteiger partial charge in [-0.2, -0.15) is 5.10 Å². The molecule has 0 bridgehead atoms. The fourth-order valence-corrected chi connectivity index (χ4v) is 4.73. The molecule has 4 aromatic rings. The lowest BCUT2D eigenvalue weighted by Gasteiger charge is -2.12. The van der Waals surface area contributed by atoms with E-state index < -0.39 is 15.9 Å². The highest BCUT2D eigenvalue weighted by Gasteiger charge is 2.20. The zero-order valence-electron chi connectivity index (χ0n) is 19.1. The summed E-state index contributed by atoms with van der Waals surface area (Å²) in [6, 6.07) is 11.2. The van der Waals surface area contributed by atoms with E-state index in [4.69, 9.17) is 11.6 Å². The summed E-state index contributed by atoms with van der Waals surface area (Å²) in [4.78, 5) is 17.3. The van der Waals surface area contributed by atoms with Gasteiger partial charge in [0, 0.05) is 17.1 Å². The minimum absolute atomic E-state index is 0.0302. The Hall–Kier alpha value is -3.43. The first-order valence-corrected chi connectivity index (χ1v) is 12.5. The molecule has 2 heterocycles. The van der Waals surface area contributed by atoms with Crippen LogP contribution in [0.2, 0.25) is 5.02 Å². The number of fused-ring (bicyclic) bond motifs is 1. The maximum atomic E-state index is 12.9. The number of carbonyl (C=O) groups is 1. The summed E-state index contributed by atoms with van der Waals surface area (Å²) < 4.78 is 30.2. The lowest BCUT2D eigenvalue weighted by molar-refractivity contribution is 0.102. The highest BCUT2D eigenvalue weighted by atomic mass is 35.5. The van der Waals surface area contributed by atoms with Gasteiger partial charge in [0.25, 0.3) is 15.9 Å². The smallest absolute Gasteiger partial charge is 0.261 e. The van der Waals surface area contributed by atoms with Crippen molar-refractivity contribution in [3.05, 3.63) is 76.6 Å². The molecule has 0 spiro atoms. The molecule has 1 amide bonds. The maximum Gasteiger partial charge on any atom is 0.261 e. The Morgan fingerprint density at radius 3 is 2.47 bits per heavy atom. The lowest BCUT2D eigenvalue weighted by atomic mass is 10.1. The van der Waals surface area contributed by atoms with E-state index in [0.29, 0.717) is 17.0 Å². The number of carbonyl (C=O) groups excluding carboxylic acids is 1. The summed E-state index contributed by atoms with van der Waals surface area (Å²) in [5, 5.41) is 7.95. The molecule has 0 radical (unpaired) electrons. The highest BCUT2D eigenvalue weighted by Crippen LogP contribution is 2.25. The van der Waals surface area contributed by atoms with Gasteiger partial charge in [0.15, 0.2) is 5.65 Å². The first kappa shape index (κ1) is 23.7. The van der Waals surface area contributed by atoms with E-state index in [-0.39, 0.29) is 21.5 Å². The van der Waals surface area contributed by atoms with E-state index in [1.54, 1.807) is 29.1 Å². The van der Waals surface area contributed by atoms with Crippen molar-refractivity contribution in [3.63, 3.8) is 0 Å². The molecular formula is C24H24ClN5O3S. The van der Waals surface area contributed by atoms with Gasteiger partial charge in [-0.1, -0.05) is 17.7 Å². The lowest BCUT2D eigenvalue weighted by Crippen LogP contribution is -2.16. The SMILES string of the molecule is Cc1ccc(NS(=O)(=O)c2ccc(Cl)c(C(=O)Nc3cnc4c(cnn4C(C)C)c3)c2)cc1C. The fraction of sp³-hybridized carbons (Fsp3) is 0.208. The molecular weight excluding hydrogens is 474 g/mol. The predicted molar refractivity (Wildman–Crippen MR) is 134 cm³/mol. The van der Waals surface area contributed by atoms with Crippen LogP contribution in [0, 0.1) is 13.8 Å². The van der Waals surface area contributed by atoms with E-state index in [0.717, 1.165) is 16.5 Å². The van der Waals surface area contributed by atoms with Crippen LogP contribution in [-0.2, 0) is 10.0 Å². The van der Waals surface area contributed by atoms with Crippen molar-refractivity contribution in [2.24, 2.45) is 0 Å². The minimum Gasteiger partial charge on any atom is -0.321 e. The molecule has 34 heavy (non-hydrogen) atoms. The quantitative estimate of drug-likeness (QED) is 0.374. The number of amides is 1. The summed E-state index contributed by atoms with van der Waals surface area (Å²) >= 11 is 6.23. The fourth-order valence-electron chi connectivity index (χ4n) is 3.45. The van der Waals surface area contributed by atoms with Gasteiger partial charge in [-0.25, -0.2) is 18.1 Å². The van der Waals surface area contributed by atoms with Gasteiger partial charge >= 0.3 is 0 Å². The molecule has 4 rings (SSSR count). The molecule has 8 nitrogen and oxygen atoms in total. The van der Waals surface area contributed by atoms with Gasteiger partial charge in [-0.15, -0.1) is 0 Å². The van der Waals surface area contributed by atoms with Gasteiger partial charge in [0.1, 0.15) is 0 Å². The minimum atomic E-state index is -3.93. The third-order valence-electron chi connectivity index (χ3n) is 5.43. The average Bonchev–Trinajstić information content (AvgIpc) is 3.20. The molecule has 0 unspecified atom stereocenters. The van der Waals surface area contributed by atoms with Crippen LogP contribution in [-0.4, -0.2) is 29.1 Å². The van der Waals surface area contributed by atoms with E-state index in [2.05, 4.69) is 20.1 Å². The third kappa shape index (κ3) is 4.76. The zero-order valence-corrected chi connectivity index (χ0v) is 20.7. The van der Waals surface area contributed by atoms with Crippen molar-refractivity contribution < 1.29 is 13.2 Å². The molecule has 0 atom stereocenters. The zero-order chi connectivity index (χ0) is 24.6. The molecule has 0 aliphatic heterocycles. The van der Waals surface area contributed by atoms with Crippen LogP contribution in [0.5, 0.6) is 0 Å². The molecule has 10 heteroatoms. The Labute approximate surface area is 203 Å². The maximum absolute atomic E-state index is 12.9. The summed E-state index contributed by atoms with van der Waals surface area (Å²) in [7, 11) is -3.93. The topological polar surface area (TPSA) is 106 Å². The van der Waals surface area contributed by atoms with Crippen molar-refractivity contribution in [2.75, 3.05) is 10.0 Å². The second-order valence-corrected chi connectivity index (χ2v) is 10.4. The van der Waals surface area contributed by atoms with Crippen LogP contribution < -0.4 is 10.0 Å². The Morgan fingerprint density at radius 2 is 1.76 bits per heavy atom. The van der Waals surface area contributed by atoms with Crippen LogP contribution >= 0.6 is 11.6 Å². The molecule has 0 saturated heterocycles. The van der Waals surface area contributed by atoms with E-state index in [1.807, 2.05) is 33.8 Å². The number of sulfonamides is 1. The number of aryl methyl sites for hydroxylation is 2. The normalized spacial score (nSPS) is 11.7. The van der Waals surface area contributed by atoms with E-state index in [1.165, 1.54) is 24.4 Å². The number of hydrogen-bond donors (Lipinski definition) is 2. The van der Waals surface area contributed by atoms with Crippen LogP contribution in [0.25, 0.3) is 11.0 Å². The number of anilines is 2. The van der Waals surface area contributed by atoms with Gasteiger partial charge in [-0.05, 0) is 75.2 Å². The number of pyridine rings is 1. The van der Waals surface area contributed by atoms with Gasteiger partial charge in [0.2, 0.25) is 0 Å². The second kappa shape index (κ2) is 9.08. The number of benzene rings is 2. The number of nitrogens with zero attached hydrogens (tertiary/aromatic N) is 3. The molecule has 2 N–H and O–H groups in total. The van der Waals surface area contributed by atoms with E-state index in [9.17, 15) is 13.2 Å². The number of rotatable bonds is 6. The first-order valence-electron chi connectivity index (χ1n) is 10.6. The molecule has 2 aromatic carbocycles. The molecule has 0 aliphatic carbocycles. The van der Waals surface area contributed by atoms with E-state index >= 15 is 0 Å². The van der Waals surface area contributed by atoms with Crippen LogP contribution in [0.3, 0.4) is 0 Å². The standard InChI is InChI=1S/C24H24ClN5O3S/c1-14(2)30-23-17(12-27-30)10-19(13-26-23)28-24(31)21-11-20(7-8-22(21)25)34(32,33)29-18-6-5-15(3)16(4)9-18/h5-14,29H,1-4H3,(H,28,31). The largest absolute Gasteiger partial charge is 0.321 e. The molecule has 0 aliphatic rings. The summed E-state index contributed by atoms with van der Waals surface area (Å²) in [5.41, 5.74) is 3.63. The molecule has 176 valence electrons. The highest BCUT2D eigenvalue weighted by molar-refractivity contribution is 7.92. The van der Waals surface area contributed by atoms with Crippen molar-refractivity contribution in [1.82, 2.24) is 14.8 Å². The monoisotopic (exact) mass is 497 g/mol. The summed E-state index contributed by atoms with van der Waals surface area (Å²) in [5.74, 6) is -0.550. The Bertz CT molecular complexity index is 1510. The second-order valence-electron chi connectivity index (χ2n) is 8.32. The van der Waals surface area contributed by atoms with Gasteiger partial charge in [0.05, 0.1) is 33.6 Å². The van der Waals surface area contributed by atoms with Crippen molar-refractivity contribution in [1.29, 1.82) is 0 Å². The Morgan fingerprint density at radius 1 is 1.00 bits per heavy atom. The van der Waals surface area contributed by atoms with Crippen molar-refractivity contribution in [3.8, 4) is 0 Å². The van der Waals surface area contributed by atoms with Crippen molar-refractivity contribution >= 4 is 49.9 Å².